The molecule has 0 aliphatic carbocycles. The minimum Gasteiger partial charge on any atom is -0.484 e. The number of hydrogen-bond donors (Lipinski definition) is 0. The Kier molecular flexibility index (Phi) is 2.83. The monoisotopic (exact) mass is 232 g/mol. The van der Waals surface area contributed by atoms with Crippen LogP contribution in [0, 0.1) is 0 Å². The zero-order valence-electron chi connectivity index (χ0n) is 10.7. The number of fused-ring (bicyclic) bond motifs is 1. The van der Waals surface area contributed by atoms with E-state index in [2.05, 4.69) is 31.3 Å². The van der Waals surface area contributed by atoms with Crippen LogP contribution in [0.5, 0.6) is 5.75 Å². The summed E-state index contributed by atoms with van der Waals surface area (Å²) in [5.74, 6) is 1.11. The van der Waals surface area contributed by atoms with Crippen molar-refractivity contribution >= 4 is 0 Å². The number of likely N-dealkylation sites (tertiary alicyclic amines) is 1. The highest BCUT2D eigenvalue weighted by Gasteiger charge is 2.32. The predicted molar refractivity (Wildman–Crippen MR) is 69.2 cm³/mol. The molecule has 2 heterocycles. The van der Waals surface area contributed by atoms with E-state index >= 15 is 0 Å². The van der Waals surface area contributed by atoms with Crippen LogP contribution in [-0.4, -0.2) is 37.3 Å². The van der Waals surface area contributed by atoms with Crippen LogP contribution in [0.15, 0.2) is 24.3 Å². The number of quaternary nitrogens is 1. The van der Waals surface area contributed by atoms with Crippen molar-refractivity contribution in [3.8, 4) is 5.75 Å². The SMILES string of the molecule is C[N+]1(C[C@H]2Cc3ccccc3O2)CCCCC1. The summed E-state index contributed by atoms with van der Waals surface area (Å²) < 4.78 is 7.27. The summed E-state index contributed by atoms with van der Waals surface area (Å²) in [6.45, 7) is 3.83. The third-order valence-corrected chi connectivity index (χ3v) is 4.25. The maximum atomic E-state index is 6.06. The molecule has 0 radical (unpaired) electrons. The molecule has 17 heavy (non-hydrogen) atoms. The molecule has 2 heteroatoms. The van der Waals surface area contributed by atoms with E-state index in [0.29, 0.717) is 6.10 Å². The Balaban J connectivity index is 1.65. The first kappa shape index (κ1) is 11.1. The molecule has 2 aliphatic rings. The minimum absolute atomic E-state index is 0.399. The van der Waals surface area contributed by atoms with Gasteiger partial charge in [0.25, 0.3) is 0 Å². The molecule has 0 unspecified atom stereocenters. The van der Waals surface area contributed by atoms with Crippen molar-refractivity contribution in [2.45, 2.75) is 31.8 Å². The van der Waals surface area contributed by atoms with Gasteiger partial charge in [-0.05, 0) is 30.9 Å². The maximum Gasteiger partial charge on any atom is 0.151 e. The summed E-state index contributed by atoms with van der Waals surface area (Å²) >= 11 is 0. The van der Waals surface area contributed by atoms with Gasteiger partial charge >= 0.3 is 0 Å². The summed E-state index contributed by atoms with van der Waals surface area (Å²) in [5.41, 5.74) is 1.39. The lowest BCUT2D eigenvalue weighted by atomic mass is 10.1. The van der Waals surface area contributed by atoms with Gasteiger partial charge in [0.2, 0.25) is 0 Å². The van der Waals surface area contributed by atoms with Crippen molar-refractivity contribution in [2.24, 2.45) is 0 Å². The second kappa shape index (κ2) is 4.34. The fourth-order valence-corrected chi connectivity index (χ4v) is 3.31. The molecule has 0 bridgehead atoms. The second-order valence-electron chi connectivity index (χ2n) is 5.86. The number of nitrogens with zero attached hydrogens (tertiary/aromatic N) is 1. The van der Waals surface area contributed by atoms with E-state index in [0.717, 1.165) is 12.2 Å². The molecule has 1 fully saturated rings. The van der Waals surface area contributed by atoms with Gasteiger partial charge in [0.1, 0.15) is 12.3 Å². The summed E-state index contributed by atoms with van der Waals surface area (Å²) in [6.07, 6.45) is 5.69. The van der Waals surface area contributed by atoms with Crippen LogP contribution in [0.4, 0.5) is 0 Å². The minimum atomic E-state index is 0.399. The zero-order valence-corrected chi connectivity index (χ0v) is 10.7. The van der Waals surface area contributed by atoms with Gasteiger partial charge < -0.3 is 9.22 Å². The van der Waals surface area contributed by atoms with Crippen molar-refractivity contribution in [3.05, 3.63) is 29.8 Å². The highest BCUT2D eigenvalue weighted by molar-refractivity contribution is 5.37. The number of hydrogen-bond acceptors (Lipinski definition) is 1. The third-order valence-electron chi connectivity index (χ3n) is 4.25. The van der Waals surface area contributed by atoms with Crippen LogP contribution < -0.4 is 4.74 Å². The summed E-state index contributed by atoms with van der Waals surface area (Å²) in [4.78, 5) is 0. The smallest absolute Gasteiger partial charge is 0.151 e. The Bertz CT molecular complexity index is 371. The van der Waals surface area contributed by atoms with Crippen molar-refractivity contribution in [3.63, 3.8) is 0 Å². The first-order valence-corrected chi connectivity index (χ1v) is 6.83. The van der Waals surface area contributed by atoms with Crippen LogP contribution >= 0.6 is 0 Å². The quantitative estimate of drug-likeness (QED) is 0.712. The Morgan fingerprint density at radius 2 is 1.94 bits per heavy atom. The molecule has 1 saturated heterocycles. The Labute approximate surface area is 104 Å². The maximum absolute atomic E-state index is 6.06. The molecule has 1 atom stereocenters. The molecule has 1 aromatic carbocycles. The van der Waals surface area contributed by atoms with Gasteiger partial charge in [0.05, 0.1) is 20.1 Å². The van der Waals surface area contributed by atoms with Crippen molar-refractivity contribution < 1.29 is 9.22 Å². The highest BCUT2D eigenvalue weighted by atomic mass is 16.5. The third kappa shape index (κ3) is 2.32. The number of ether oxygens (including phenoxy) is 1. The van der Waals surface area contributed by atoms with Gasteiger partial charge in [-0.25, -0.2) is 0 Å². The first-order chi connectivity index (χ1) is 8.25. The number of likely N-dealkylation sites (N-methyl/N-ethyl adjacent to an activating group) is 1. The average Bonchev–Trinajstić information content (AvgIpc) is 2.71. The van der Waals surface area contributed by atoms with Crippen LogP contribution in [-0.2, 0) is 6.42 Å². The van der Waals surface area contributed by atoms with E-state index in [1.165, 1.54) is 48.9 Å². The summed E-state index contributed by atoms with van der Waals surface area (Å²) in [6, 6.07) is 8.48. The van der Waals surface area contributed by atoms with Gasteiger partial charge in [0.15, 0.2) is 6.10 Å². The van der Waals surface area contributed by atoms with E-state index in [1.807, 2.05) is 0 Å². The standard InChI is InChI=1S/C15H22NO/c1-16(9-5-2-6-10-16)12-14-11-13-7-3-4-8-15(13)17-14/h3-4,7-8,14H,2,5-6,9-12H2,1H3/q+1/t14-/m1/s1. The van der Waals surface area contributed by atoms with Crippen LogP contribution in [0.3, 0.4) is 0 Å². The molecule has 0 saturated carbocycles. The topological polar surface area (TPSA) is 9.23 Å². The molecule has 2 nitrogen and oxygen atoms in total. The predicted octanol–water partition coefficient (Wildman–Crippen LogP) is 2.62. The van der Waals surface area contributed by atoms with Gasteiger partial charge in [-0.2, -0.15) is 0 Å². The molecular formula is C15H22NO+. The lowest BCUT2D eigenvalue weighted by Gasteiger charge is -2.39. The normalized spacial score (nSPS) is 26.3. The van der Waals surface area contributed by atoms with Gasteiger partial charge in [0, 0.05) is 6.42 Å². The lowest BCUT2D eigenvalue weighted by Crippen LogP contribution is -2.52. The number of para-hydroxylation sites is 1. The Morgan fingerprint density at radius 3 is 2.71 bits per heavy atom. The highest BCUT2D eigenvalue weighted by Crippen LogP contribution is 2.30. The molecule has 1 aromatic rings. The van der Waals surface area contributed by atoms with E-state index in [9.17, 15) is 0 Å². The van der Waals surface area contributed by atoms with E-state index < -0.39 is 0 Å². The largest absolute Gasteiger partial charge is 0.484 e. The van der Waals surface area contributed by atoms with Gasteiger partial charge in [-0.15, -0.1) is 0 Å². The fraction of sp³-hybridized carbons (Fsp3) is 0.600. The fourth-order valence-electron chi connectivity index (χ4n) is 3.31. The van der Waals surface area contributed by atoms with Crippen molar-refractivity contribution in [1.29, 1.82) is 0 Å². The molecular weight excluding hydrogens is 210 g/mol. The average molecular weight is 232 g/mol. The van der Waals surface area contributed by atoms with E-state index in [-0.39, 0.29) is 0 Å². The summed E-state index contributed by atoms with van der Waals surface area (Å²) in [5, 5.41) is 0. The molecule has 0 N–H and O–H groups in total. The molecule has 0 aromatic heterocycles. The molecule has 2 aliphatic heterocycles. The Morgan fingerprint density at radius 1 is 1.18 bits per heavy atom. The number of benzene rings is 1. The lowest BCUT2D eigenvalue weighted by molar-refractivity contribution is -0.916. The van der Waals surface area contributed by atoms with Crippen LogP contribution in [0.25, 0.3) is 0 Å². The van der Waals surface area contributed by atoms with Crippen LogP contribution in [0.2, 0.25) is 0 Å². The molecule has 92 valence electrons. The second-order valence-corrected chi connectivity index (χ2v) is 5.86. The van der Waals surface area contributed by atoms with Gasteiger partial charge in [-0.3, -0.25) is 0 Å². The van der Waals surface area contributed by atoms with Crippen molar-refractivity contribution in [2.75, 3.05) is 26.7 Å². The van der Waals surface area contributed by atoms with Gasteiger partial charge in [-0.1, -0.05) is 18.2 Å². The van der Waals surface area contributed by atoms with Crippen LogP contribution in [0.1, 0.15) is 24.8 Å². The number of rotatable bonds is 2. The first-order valence-electron chi connectivity index (χ1n) is 6.83. The van der Waals surface area contributed by atoms with E-state index in [1.54, 1.807) is 0 Å². The Hall–Kier alpha value is -1.02. The zero-order chi connectivity index (χ0) is 11.7. The van der Waals surface area contributed by atoms with Crippen molar-refractivity contribution in [1.82, 2.24) is 0 Å². The summed E-state index contributed by atoms with van der Waals surface area (Å²) in [7, 11) is 2.39. The molecule has 0 spiro atoms. The molecule has 0 amide bonds. The molecule has 3 rings (SSSR count). The van der Waals surface area contributed by atoms with E-state index in [4.69, 9.17) is 4.74 Å². The number of piperidine rings is 1.